The number of nitrogens with one attached hydrogen (secondary N) is 2. The number of rotatable bonds is 2. The molecule has 4 saturated heterocycles. The molecule has 4 fully saturated rings. The van der Waals surface area contributed by atoms with Crippen molar-refractivity contribution in [3.05, 3.63) is 29.8 Å². The molecule has 144 valence electrons. The quantitative estimate of drug-likeness (QED) is 0.737. The second kappa shape index (κ2) is 5.00. The number of para-hydroxylation sites is 1. The number of Topliss-reactive ketones (excluding diaryl/α,β-unsaturated/α-hetero) is 1. The molecule has 1 aromatic rings. The maximum Gasteiger partial charge on any atom is 0.353 e. The van der Waals surface area contributed by atoms with E-state index in [0.717, 1.165) is 37.4 Å². The lowest BCUT2D eigenvalue weighted by molar-refractivity contribution is -1.20. The summed E-state index contributed by atoms with van der Waals surface area (Å²) in [6.07, 6.45) is 0. The summed E-state index contributed by atoms with van der Waals surface area (Å²) in [7, 11) is 1.91. The molecular formula is C22H31N3O2+2. The lowest BCUT2D eigenvalue weighted by atomic mass is 9.52. The Morgan fingerprint density at radius 2 is 1.37 bits per heavy atom. The van der Waals surface area contributed by atoms with Crippen LogP contribution in [-0.2, 0) is 15.3 Å². The van der Waals surface area contributed by atoms with Gasteiger partial charge >= 0.3 is 11.6 Å². The van der Waals surface area contributed by atoms with Crippen LogP contribution in [0, 0.1) is 22.7 Å². The largest absolute Gasteiger partial charge is 0.353 e. The second-order valence-corrected chi connectivity index (χ2v) is 10.00. The van der Waals surface area contributed by atoms with Gasteiger partial charge in [0, 0.05) is 7.05 Å². The molecule has 6 rings (SSSR count). The van der Waals surface area contributed by atoms with Gasteiger partial charge in [-0.2, -0.15) is 0 Å². The van der Waals surface area contributed by atoms with Crippen molar-refractivity contribution < 1.29 is 19.4 Å². The van der Waals surface area contributed by atoms with Gasteiger partial charge in [-0.3, -0.25) is 19.4 Å². The highest BCUT2D eigenvalue weighted by molar-refractivity contribution is 6.05. The molecule has 0 unspecified atom stereocenters. The van der Waals surface area contributed by atoms with Gasteiger partial charge in [0.15, 0.2) is 5.78 Å². The van der Waals surface area contributed by atoms with E-state index in [9.17, 15) is 9.59 Å². The van der Waals surface area contributed by atoms with E-state index in [1.807, 2.05) is 18.0 Å². The molecule has 5 aliphatic rings. The van der Waals surface area contributed by atoms with E-state index >= 15 is 0 Å². The Labute approximate surface area is 161 Å². The zero-order chi connectivity index (χ0) is 19.4. The predicted octanol–water partition coefficient (Wildman–Crippen LogP) is -0.520. The summed E-state index contributed by atoms with van der Waals surface area (Å²) in [4.78, 5) is 32.0. The van der Waals surface area contributed by atoms with Crippen molar-refractivity contribution in [1.82, 2.24) is 0 Å². The summed E-state index contributed by atoms with van der Waals surface area (Å²) in [5.74, 6) is 1.29. The van der Waals surface area contributed by atoms with E-state index < -0.39 is 5.66 Å². The summed E-state index contributed by atoms with van der Waals surface area (Å²) in [5, 5.41) is 0. The maximum atomic E-state index is 13.8. The van der Waals surface area contributed by atoms with Gasteiger partial charge in [0.25, 0.3) is 0 Å². The monoisotopic (exact) mass is 369 g/mol. The van der Waals surface area contributed by atoms with E-state index in [4.69, 9.17) is 0 Å². The first-order chi connectivity index (χ1) is 12.7. The SMILES string of the molecule is CC(C)C12C[NH+]3CC(C(C)C)(C[NH+](C1)C31C(=O)N(C)c3ccccc31)C2=O. The van der Waals surface area contributed by atoms with Crippen molar-refractivity contribution in [3.63, 3.8) is 0 Å². The van der Waals surface area contributed by atoms with Crippen LogP contribution in [0.3, 0.4) is 0 Å². The third kappa shape index (κ3) is 1.66. The minimum Gasteiger partial charge on any atom is -0.303 e. The fourth-order valence-corrected chi connectivity index (χ4v) is 6.95. The van der Waals surface area contributed by atoms with Crippen LogP contribution in [0.4, 0.5) is 5.69 Å². The number of fused-ring (bicyclic) bond motifs is 1. The lowest BCUT2D eigenvalue weighted by Gasteiger charge is -2.65. The van der Waals surface area contributed by atoms with E-state index in [1.165, 1.54) is 9.80 Å². The first-order valence-electron chi connectivity index (χ1n) is 10.3. The molecule has 1 aromatic carbocycles. The summed E-state index contributed by atoms with van der Waals surface area (Å²) >= 11 is 0. The fourth-order valence-electron chi connectivity index (χ4n) is 6.95. The average Bonchev–Trinajstić information content (AvgIpc) is 2.84. The average molecular weight is 370 g/mol. The number of likely N-dealkylation sites (N-methyl/N-ethyl adjacent to an activating group) is 1. The van der Waals surface area contributed by atoms with Crippen molar-refractivity contribution in [2.45, 2.75) is 33.4 Å². The van der Waals surface area contributed by atoms with Crippen LogP contribution in [0.5, 0.6) is 0 Å². The Morgan fingerprint density at radius 1 is 0.889 bits per heavy atom. The number of piperidine rings is 2. The molecule has 1 spiro atoms. The van der Waals surface area contributed by atoms with Crippen LogP contribution in [0.25, 0.3) is 0 Å². The Morgan fingerprint density at radius 3 is 1.85 bits per heavy atom. The molecule has 5 heteroatoms. The highest BCUT2D eigenvalue weighted by atomic mass is 16.2. The Bertz CT molecular complexity index is 813. The van der Waals surface area contributed by atoms with Gasteiger partial charge in [0.1, 0.15) is 42.6 Å². The van der Waals surface area contributed by atoms with E-state index in [1.54, 1.807) is 0 Å². The molecule has 0 radical (unpaired) electrons. The van der Waals surface area contributed by atoms with Gasteiger partial charge in [-0.05, 0) is 24.0 Å². The third-order valence-corrected chi connectivity index (χ3v) is 8.59. The van der Waals surface area contributed by atoms with Crippen LogP contribution in [0.2, 0.25) is 0 Å². The third-order valence-electron chi connectivity index (χ3n) is 8.59. The van der Waals surface area contributed by atoms with Gasteiger partial charge in [-0.1, -0.05) is 39.8 Å². The number of quaternary nitrogens is 2. The predicted molar refractivity (Wildman–Crippen MR) is 102 cm³/mol. The van der Waals surface area contributed by atoms with Crippen LogP contribution < -0.4 is 14.7 Å². The number of benzene rings is 1. The molecule has 1 amide bonds. The molecule has 0 aliphatic carbocycles. The van der Waals surface area contributed by atoms with Gasteiger partial charge in [0.2, 0.25) is 0 Å². The minimum atomic E-state index is -0.567. The summed E-state index contributed by atoms with van der Waals surface area (Å²) < 4.78 is 0. The zero-order valence-electron chi connectivity index (χ0n) is 17.1. The van der Waals surface area contributed by atoms with Gasteiger partial charge in [-0.25, -0.2) is 0 Å². The van der Waals surface area contributed by atoms with Crippen LogP contribution in [-0.4, -0.2) is 44.9 Å². The highest BCUT2D eigenvalue weighted by Crippen LogP contribution is 2.48. The first-order valence-corrected chi connectivity index (χ1v) is 10.3. The van der Waals surface area contributed by atoms with E-state index in [2.05, 4.69) is 45.9 Å². The normalized spacial score (nSPS) is 42.1. The molecule has 5 nitrogen and oxygen atoms in total. The molecular weight excluding hydrogens is 338 g/mol. The van der Waals surface area contributed by atoms with Gasteiger partial charge < -0.3 is 4.90 Å². The molecule has 0 saturated carbocycles. The van der Waals surface area contributed by atoms with Crippen LogP contribution in [0.1, 0.15) is 33.3 Å². The van der Waals surface area contributed by atoms with Crippen molar-refractivity contribution in [3.8, 4) is 0 Å². The van der Waals surface area contributed by atoms with Crippen molar-refractivity contribution in [2.24, 2.45) is 22.7 Å². The highest BCUT2D eigenvalue weighted by Gasteiger charge is 2.81. The topological polar surface area (TPSA) is 46.3 Å². The second-order valence-electron chi connectivity index (χ2n) is 10.00. The molecule has 2 N–H and O–H groups in total. The smallest absolute Gasteiger partial charge is 0.303 e. The number of carbonyl (C=O) groups is 2. The summed E-state index contributed by atoms with van der Waals surface area (Å²) in [6, 6.07) is 8.28. The standard InChI is InChI=1S/C22H29N3O2/c1-14(2)20-10-24-12-21(15(3)4,18(20)26)13-25(11-20)22(24)16-8-6-7-9-17(16)23(5)19(22)27/h6-9,14-15H,10-13H2,1-5H3/p+2. The first kappa shape index (κ1) is 17.4. The molecule has 27 heavy (non-hydrogen) atoms. The van der Waals surface area contributed by atoms with Crippen molar-refractivity contribution in [1.29, 1.82) is 0 Å². The molecule has 5 aliphatic heterocycles. The minimum absolute atomic E-state index is 0.206. The molecule has 0 aromatic heterocycles. The van der Waals surface area contributed by atoms with Crippen molar-refractivity contribution >= 4 is 17.4 Å². The molecule has 4 bridgehead atoms. The molecule has 5 heterocycles. The maximum absolute atomic E-state index is 13.8. The Balaban J connectivity index is 1.74. The number of nitrogens with zero attached hydrogens (tertiary/aromatic N) is 1. The lowest BCUT2D eigenvalue weighted by Crippen LogP contribution is -3.49. The zero-order valence-corrected chi connectivity index (χ0v) is 17.1. The number of amides is 1. The number of anilines is 1. The summed E-state index contributed by atoms with van der Waals surface area (Å²) in [6.45, 7) is 11.9. The number of carbonyl (C=O) groups excluding carboxylic acids is 2. The Kier molecular flexibility index (Phi) is 3.22. The van der Waals surface area contributed by atoms with Gasteiger partial charge in [-0.15, -0.1) is 0 Å². The van der Waals surface area contributed by atoms with Crippen molar-refractivity contribution in [2.75, 3.05) is 38.1 Å². The van der Waals surface area contributed by atoms with Crippen LogP contribution >= 0.6 is 0 Å². The Hall–Kier alpha value is -1.72. The van der Waals surface area contributed by atoms with E-state index in [-0.39, 0.29) is 16.7 Å². The molecule has 0 atom stereocenters. The van der Waals surface area contributed by atoms with Gasteiger partial charge in [0.05, 0.1) is 5.69 Å². The number of ketones is 1. The number of hydrogen-bond acceptors (Lipinski definition) is 2. The van der Waals surface area contributed by atoms with Crippen LogP contribution in [0.15, 0.2) is 24.3 Å². The fraction of sp³-hybridized carbons (Fsp3) is 0.636. The summed E-state index contributed by atoms with van der Waals surface area (Å²) in [5.41, 5.74) is 1.04. The number of hydrogen-bond donors (Lipinski definition) is 2. The van der Waals surface area contributed by atoms with E-state index in [0.29, 0.717) is 17.6 Å².